The van der Waals surface area contributed by atoms with Crippen molar-refractivity contribution in [2.45, 2.75) is 13.5 Å². The van der Waals surface area contributed by atoms with Crippen molar-refractivity contribution in [2.24, 2.45) is 0 Å². The SMILES string of the molecule is COc1cc(/C=C(/C#N)C(=O)Nc2ccc(C)c(Cl)c2)cc(I)c1OCc1ccccc1Cl. The number of anilines is 1. The van der Waals surface area contributed by atoms with Crippen LogP contribution >= 0.6 is 45.8 Å². The molecule has 0 unspecified atom stereocenters. The number of nitrogens with zero attached hydrogens (tertiary/aromatic N) is 1. The quantitative estimate of drug-likeness (QED) is 0.181. The van der Waals surface area contributed by atoms with Crippen LogP contribution in [0.2, 0.25) is 10.0 Å². The molecule has 0 aliphatic rings. The lowest BCUT2D eigenvalue weighted by Gasteiger charge is -2.14. The van der Waals surface area contributed by atoms with E-state index in [9.17, 15) is 10.1 Å². The van der Waals surface area contributed by atoms with Crippen molar-refractivity contribution in [3.05, 3.63) is 90.5 Å². The first-order valence-corrected chi connectivity index (χ1v) is 11.6. The fraction of sp³-hybridized carbons (Fsp3) is 0.120. The third kappa shape index (κ3) is 6.41. The maximum atomic E-state index is 12.6. The highest BCUT2D eigenvalue weighted by Crippen LogP contribution is 2.35. The molecule has 168 valence electrons. The number of nitrogens with one attached hydrogen (secondary N) is 1. The van der Waals surface area contributed by atoms with E-state index in [1.165, 1.54) is 13.2 Å². The van der Waals surface area contributed by atoms with Crippen LogP contribution in [0, 0.1) is 21.8 Å². The molecule has 0 spiro atoms. The molecular formula is C25H19Cl2IN2O3. The number of hydrogen-bond acceptors (Lipinski definition) is 4. The van der Waals surface area contributed by atoms with Crippen molar-refractivity contribution in [3.8, 4) is 17.6 Å². The number of rotatable bonds is 7. The van der Waals surface area contributed by atoms with E-state index in [1.54, 1.807) is 36.4 Å². The van der Waals surface area contributed by atoms with Crippen molar-refractivity contribution in [1.82, 2.24) is 0 Å². The normalized spacial score (nSPS) is 11.0. The number of carbonyl (C=O) groups is 1. The van der Waals surface area contributed by atoms with Crippen LogP contribution in [-0.2, 0) is 11.4 Å². The van der Waals surface area contributed by atoms with E-state index in [0.717, 1.165) is 14.7 Å². The highest BCUT2D eigenvalue weighted by atomic mass is 127. The lowest BCUT2D eigenvalue weighted by atomic mass is 10.1. The van der Waals surface area contributed by atoms with Gasteiger partial charge in [-0.15, -0.1) is 0 Å². The van der Waals surface area contributed by atoms with Gasteiger partial charge in [0.2, 0.25) is 0 Å². The van der Waals surface area contributed by atoms with Gasteiger partial charge in [0.05, 0.1) is 10.7 Å². The third-order valence-electron chi connectivity index (χ3n) is 4.69. The average Bonchev–Trinajstić information content (AvgIpc) is 2.79. The first kappa shape index (κ1) is 24.9. The van der Waals surface area contributed by atoms with Crippen molar-refractivity contribution in [3.63, 3.8) is 0 Å². The second-order valence-corrected chi connectivity index (χ2v) is 8.98. The molecule has 0 fully saturated rings. The number of hydrogen-bond donors (Lipinski definition) is 1. The Hall–Kier alpha value is -2.73. The number of benzene rings is 3. The van der Waals surface area contributed by atoms with Gasteiger partial charge in [-0.1, -0.05) is 47.5 Å². The van der Waals surface area contributed by atoms with Crippen LogP contribution in [0.4, 0.5) is 5.69 Å². The summed E-state index contributed by atoms with van der Waals surface area (Å²) in [5, 5.41) is 13.4. The van der Waals surface area contributed by atoms with E-state index in [0.29, 0.717) is 32.8 Å². The lowest BCUT2D eigenvalue weighted by molar-refractivity contribution is -0.112. The molecule has 3 aromatic carbocycles. The molecule has 3 rings (SSSR count). The van der Waals surface area contributed by atoms with Gasteiger partial charge in [-0.05, 0) is 77.0 Å². The number of methoxy groups -OCH3 is 1. The van der Waals surface area contributed by atoms with Gasteiger partial charge < -0.3 is 14.8 Å². The second-order valence-electron chi connectivity index (χ2n) is 7.00. The van der Waals surface area contributed by atoms with E-state index in [4.69, 9.17) is 32.7 Å². The Morgan fingerprint density at radius 2 is 1.91 bits per heavy atom. The molecule has 1 N–H and O–H groups in total. The van der Waals surface area contributed by atoms with E-state index in [1.807, 2.05) is 31.2 Å². The van der Waals surface area contributed by atoms with Crippen molar-refractivity contribution < 1.29 is 14.3 Å². The summed E-state index contributed by atoms with van der Waals surface area (Å²) in [5.41, 5.74) is 2.81. The zero-order valence-electron chi connectivity index (χ0n) is 17.8. The summed E-state index contributed by atoms with van der Waals surface area (Å²) < 4.78 is 12.2. The van der Waals surface area contributed by atoms with Gasteiger partial charge in [0.1, 0.15) is 18.2 Å². The van der Waals surface area contributed by atoms with E-state index >= 15 is 0 Å². The van der Waals surface area contributed by atoms with Gasteiger partial charge in [0, 0.05) is 21.3 Å². The zero-order valence-corrected chi connectivity index (χ0v) is 21.5. The smallest absolute Gasteiger partial charge is 0.266 e. The van der Waals surface area contributed by atoms with Crippen molar-refractivity contribution in [2.75, 3.05) is 12.4 Å². The van der Waals surface area contributed by atoms with Crippen LogP contribution in [0.5, 0.6) is 11.5 Å². The molecule has 0 aliphatic heterocycles. The maximum absolute atomic E-state index is 12.6. The van der Waals surface area contributed by atoms with E-state index < -0.39 is 5.91 Å². The van der Waals surface area contributed by atoms with Gasteiger partial charge >= 0.3 is 0 Å². The summed E-state index contributed by atoms with van der Waals surface area (Å²) in [5.74, 6) is 0.487. The summed E-state index contributed by atoms with van der Waals surface area (Å²) >= 11 is 14.4. The molecule has 3 aromatic rings. The fourth-order valence-electron chi connectivity index (χ4n) is 2.91. The minimum absolute atomic E-state index is 0.0608. The molecule has 0 saturated heterocycles. The summed E-state index contributed by atoms with van der Waals surface area (Å²) in [6.45, 7) is 2.14. The topological polar surface area (TPSA) is 71.3 Å². The van der Waals surface area contributed by atoms with E-state index in [-0.39, 0.29) is 12.2 Å². The minimum atomic E-state index is -0.537. The van der Waals surface area contributed by atoms with Gasteiger partial charge in [-0.2, -0.15) is 5.26 Å². The Balaban J connectivity index is 1.83. The Kier molecular flexibility index (Phi) is 8.61. The number of aryl methyl sites for hydroxylation is 1. The number of halogens is 3. The minimum Gasteiger partial charge on any atom is -0.493 e. The highest BCUT2D eigenvalue weighted by Gasteiger charge is 2.15. The summed E-state index contributed by atoms with van der Waals surface area (Å²) in [4.78, 5) is 12.6. The Labute approximate surface area is 216 Å². The molecule has 1 amide bonds. The molecule has 0 aromatic heterocycles. The molecule has 5 nitrogen and oxygen atoms in total. The van der Waals surface area contributed by atoms with Gasteiger partial charge in [0.15, 0.2) is 11.5 Å². The average molecular weight is 593 g/mol. The molecule has 8 heteroatoms. The van der Waals surface area contributed by atoms with Crippen LogP contribution in [-0.4, -0.2) is 13.0 Å². The maximum Gasteiger partial charge on any atom is 0.266 e. The van der Waals surface area contributed by atoms with Gasteiger partial charge in [-0.25, -0.2) is 0 Å². The van der Waals surface area contributed by atoms with Gasteiger partial charge in [-0.3, -0.25) is 4.79 Å². The summed E-state index contributed by atoms with van der Waals surface area (Å²) in [6.07, 6.45) is 1.49. The Morgan fingerprint density at radius 1 is 1.15 bits per heavy atom. The molecule has 33 heavy (non-hydrogen) atoms. The van der Waals surface area contributed by atoms with Crippen molar-refractivity contribution in [1.29, 1.82) is 5.26 Å². The first-order valence-electron chi connectivity index (χ1n) is 9.75. The molecule has 0 bridgehead atoms. The van der Waals surface area contributed by atoms with Crippen molar-refractivity contribution >= 4 is 63.5 Å². The molecule has 0 saturated carbocycles. The van der Waals surface area contributed by atoms with Crippen LogP contribution in [0.25, 0.3) is 6.08 Å². The van der Waals surface area contributed by atoms with Crippen LogP contribution < -0.4 is 14.8 Å². The Morgan fingerprint density at radius 3 is 2.58 bits per heavy atom. The number of ether oxygens (including phenoxy) is 2. The molecule has 0 radical (unpaired) electrons. The Bertz CT molecular complexity index is 1270. The van der Waals surface area contributed by atoms with Crippen LogP contribution in [0.15, 0.2) is 60.2 Å². The molecule has 0 heterocycles. The predicted molar refractivity (Wildman–Crippen MR) is 140 cm³/mol. The van der Waals surface area contributed by atoms with Crippen LogP contribution in [0.3, 0.4) is 0 Å². The predicted octanol–water partition coefficient (Wildman–Crippen LogP) is 7.04. The largest absolute Gasteiger partial charge is 0.493 e. The highest BCUT2D eigenvalue weighted by molar-refractivity contribution is 14.1. The van der Waals surface area contributed by atoms with Crippen LogP contribution in [0.1, 0.15) is 16.7 Å². The van der Waals surface area contributed by atoms with Gasteiger partial charge in [0.25, 0.3) is 5.91 Å². The lowest BCUT2D eigenvalue weighted by Crippen LogP contribution is -2.13. The third-order valence-corrected chi connectivity index (χ3v) is 6.26. The monoisotopic (exact) mass is 592 g/mol. The zero-order chi connectivity index (χ0) is 24.0. The number of carbonyl (C=O) groups excluding carboxylic acids is 1. The molecule has 0 atom stereocenters. The van der Waals surface area contributed by atoms with E-state index in [2.05, 4.69) is 27.9 Å². The number of amides is 1. The fourth-order valence-corrected chi connectivity index (χ4v) is 4.06. The summed E-state index contributed by atoms with van der Waals surface area (Å²) in [7, 11) is 1.53. The number of nitriles is 1. The summed E-state index contributed by atoms with van der Waals surface area (Å²) in [6, 6.07) is 18.0. The standard InChI is InChI=1S/C25H19Cl2IN2O3/c1-15-7-8-19(12-21(15)27)30-25(31)18(13-29)9-16-10-22(28)24(23(11-16)32-2)33-14-17-5-3-4-6-20(17)26/h3-12H,14H2,1-2H3,(H,30,31)/b18-9-. The second kappa shape index (κ2) is 11.4. The first-order chi connectivity index (χ1) is 15.8. The molecular weight excluding hydrogens is 574 g/mol. The molecule has 0 aliphatic carbocycles.